The van der Waals surface area contributed by atoms with Crippen molar-refractivity contribution in [2.45, 2.75) is 26.3 Å². The molecule has 1 aromatic heterocycles. The molecular weight excluding hydrogens is 316 g/mol. The number of nitrogens with zero attached hydrogens (tertiary/aromatic N) is 4. The largest absolute Gasteiger partial charge is 0.353 e. The molecule has 0 radical (unpaired) electrons. The molecule has 2 heterocycles. The lowest BCUT2D eigenvalue weighted by molar-refractivity contribution is 0.128. The predicted octanol–water partition coefficient (Wildman–Crippen LogP) is 2.81. The first kappa shape index (κ1) is 14.0. The lowest BCUT2D eigenvalue weighted by atomic mass is 10.1. The number of halogens is 2. The van der Waals surface area contributed by atoms with Crippen LogP contribution in [0.2, 0.25) is 5.15 Å². The first-order valence-corrected chi connectivity index (χ1v) is 7.22. The fraction of sp³-hybridized carbons (Fsp3) is 0.667. The Hall–Kier alpha value is -0.390. The topological polar surface area (TPSA) is 32.3 Å². The number of aromatic nitrogens is 2. The Bertz CT molecular complexity index is 425. The van der Waals surface area contributed by atoms with Gasteiger partial charge < -0.3 is 4.90 Å². The van der Waals surface area contributed by atoms with E-state index in [1.165, 1.54) is 6.33 Å². The fourth-order valence-electron chi connectivity index (χ4n) is 2.15. The quantitative estimate of drug-likeness (QED) is 0.740. The summed E-state index contributed by atoms with van der Waals surface area (Å²) in [5.74, 6) is 0.892. The third-order valence-corrected chi connectivity index (χ3v) is 4.50. The van der Waals surface area contributed by atoms with E-state index in [1.807, 2.05) is 0 Å². The highest BCUT2D eigenvalue weighted by Gasteiger charge is 2.27. The minimum atomic E-state index is 0.229. The van der Waals surface area contributed by atoms with Gasteiger partial charge in [-0.15, -0.1) is 0 Å². The van der Waals surface area contributed by atoms with E-state index in [9.17, 15) is 0 Å². The van der Waals surface area contributed by atoms with Crippen LogP contribution < -0.4 is 4.90 Å². The molecule has 1 aliphatic heterocycles. The van der Waals surface area contributed by atoms with Crippen LogP contribution >= 0.6 is 27.5 Å². The summed E-state index contributed by atoms with van der Waals surface area (Å²) in [6, 6.07) is 0. The van der Waals surface area contributed by atoms with Crippen molar-refractivity contribution in [3.8, 4) is 0 Å². The molecule has 2 rings (SSSR count). The molecule has 1 aliphatic rings. The van der Waals surface area contributed by atoms with Gasteiger partial charge in [0.1, 0.15) is 17.3 Å². The molecule has 6 heteroatoms. The monoisotopic (exact) mass is 332 g/mol. The molecule has 4 nitrogen and oxygen atoms in total. The SMILES string of the molecule is CC(C)(C)N1CCN(c2ncnc(Cl)c2Br)CC1. The van der Waals surface area contributed by atoms with E-state index in [-0.39, 0.29) is 5.54 Å². The van der Waals surface area contributed by atoms with Crippen LogP contribution in [-0.4, -0.2) is 46.6 Å². The van der Waals surface area contributed by atoms with Gasteiger partial charge in [-0.1, -0.05) is 11.6 Å². The van der Waals surface area contributed by atoms with E-state index >= 15 is 0 Å². The summed E-state index contributed by atoms with van der Waals surface area (Å²) in [7, 11) is 0. The molecular formula is C12H18BrClN4. The van der Waals surface area contributed by atoms with Crippen molar-refractivity contribution in [3.05, 3.63) is 16.0 Å². The normalized spacial score (nSPS) is 18.2. The molecule has 0 spiro atoms. The van der Waals surface area contributed by atoms with Crippen molar-refractivity contribution in [3.63, 3.8) is 0 Å². The maximum absolute atomic E-state index is 6.00. The summed E-state index contributed by atoms with van der Waals surface area (Å²) in [5, 5.41) is 0.471. The number of hydrogen-bond donors (Lipinski definition) is 0. The van der Waals surface area contributed by atoms with Crippen LogP contribution in [0.1, 0.15) is 20.8 Å². The summed E-state index contributed by atoms with van der Waals surface area (Å²) in [6.07, 6.45) is 1.51. The second kappa shape index (κ2) is 5.31. The van der Waals surface area contributed by atoms with Crippen LogP contribution in [0.3, 0.4) is 0 Å². The summed E-state index contributed by atoms with van der Waals surface area (Å²) >= 11 is 9.46. The molecule has 0 N–H and O–H groups in total. The Kier molecular flexibility index (Phi) is 4.14. The van der Waals surface area contributed by atoms with Gasteiger partial charge in [-0.05, 0) is 36.7 Å². The van der Waals surface area contributed by atoms with E-state index < -0.39 is 0 Å². The van der Waals surface area contributed by atoms with Crippen molar-refractivity contribution in [2.24, 2.45) is 0 Å². The standard InChI is InChI=1S/C12H18BrClN4/c1-12(2,3)18-6-4-17(5-7-18)11-9(13)10(14)15-8-16-11/h8H,4-7H2,1-3H3. The lowest BCUT2D eigenvalue weighted by Crippen LogP contribution is -2.53. The smallest absolute Gasteiger partial charge is 0.148 e. The minimum Gasteiger partial charge on any atom is -0.353 e. The molecule has 0 atom stereocenters. The van der Waals surface area contributed by atoms with Crippen LogP contribution in [-0.2, 0) is 0 Å². The summed E-state index contributed by atoms with van der Waals surface area (Å²) < 4.78 is 0.788. The Balaban J connectivity index is 2.08. The molecule has 1 saturated heterocycles. The van der Waals surface area contributed by atoms with Crippen LogP contribution in [0.25, 0.3) is 0 Å². The van der Waals surface area contributed by atoms with Gasteiger partial charge in [-0.25, -0.2) is 9.97 Å². The van der Waals surface area contributed by atoms with E-state index in [0.717, 1.165) is 36.5 Å². The molecule has 1 aromatic rings. The lowest BCUT2D eigenvalue weighted by Gasteiger charge is -2.42. The van der Waals surface area contributed by atoms with Gasteiger partial charge in [0.15, 0.2) is 0 Å². The first-order valence-electron chi connectivity index (χ1n) is 6.05. The van der Waals surface area contributed by atoms with Crippen molar-refractivity contribution < 1.29 is 0 Å². The maximum Gasteiger partial charge on any atom is 0.148 e. The number of anilines is 1. The van der Waals surface area contributed by atoms with Gasteiger partial charge in [0, 0.05) is 31.7 Å². The maximum atomic E-state index is 6.00. The Labute approximate surface area is 121 Å². The Morgan fingerprint density at radius 2 is 1.78 bits per heavy atom. The molecule has 0 saturated carbocycles. The van der Waals surface area contributed by atoms with Crippen molar-refractivity contribution in [1.82, 2.24) is 14.9 Å². The zero-order valence-corrected chi connectivity index (χ0v) is 13.3. The third kappa shape index (κ3) is 2.95. The minimum absolute atomic E-state index is 0.229. The Morgan fingerprint density at radius 1 is 1.17 bits per heavy atom. The van der Waals surface area contributed by atoms with Gasteiger partial charge in [-0.3, -0.25) is 4.90 Å². The van der Waals surface area contributed by atoms with Crippen LogP contribution in [0.4, 0.5) is 5.82 Å². The number of piperazine rings is 1. The van der Waals surface area contributed by atoms with E-state index in [1.54, 1.807) is 0 Å². The zero-order chi connectivity index (χ0) is 13.3. The van der Waals surface area contributed by atoms with Crippen molar-refractivity contribution in [1.29, 1.82) is 0 Å². The average Bonchev–Trinajstić information content (AvgIpc) is 2.32. The summed E-state index contributed by atoms with van der Waals surface area (Å²) in [6.45, 7) is 10.8. The highest BCUT2D eigenvalue weighted by Crippen LogP contribution is 2.30. The van der Waals surface area contributed by atoms with Gasteiger partial charge >= 0.3 is 0 Å². The van der Waals surface area contributed by atoms with E-state index in [0.29, 0.717) is 5.15 Å². The molecule has 0 amide bonds. The van der Waals surface area contributed by atoms with E-state index in [2.05, 4.69) is 56.5 Å². The van der Waals surface area contributed by atoms with Crippen LogP contribution in [0.15, 0.2) is 10.8 Å². The molecule has 0 bridgehead atoms. The number of hydrogen-bond acceptors (Lipinski definition) is 4. The summed E-state index contributed by atoms with van der Waals surface area (Å²) in [5.41, 5.74) is 0.229. The second-order valence-electron chi connectivity index (χ2n) is 5.45. The van der Waals surface area contributed by atoms with Gasteiger partial charge in [-0.2, -0.15) is 0 Å². The Morgan fingerprint density at radius 3 is 2.33 bits per heavy atom. The number of rotatable bonds is 1. The molecule has 1 fully saturated rings. The van der Waals surface area contributed by atoms with Gasteiger partial charge in [0.05, 0.1) is 4.47 Å². The van der Waals surface area contributed by atoms with Crippen molar-refractivity contribution in [2.75, 3.05) is 31.1 Å². The molecule has 100 valence electrons. The molecule has 0 unspecified atom stereocenters. The van der Waals surface area contributed by atoms with E-state index in [4.69, 9.17) is 11.6 Å². The first-order chi connectivity index (χ1) is 8.39. The van der Waals surface area contributed by atoms with Crippen LogP contribution in [0.5, 0.6) is 0 Å². The molecule has 18 heavy (non-hydrogen) atoms. The molecule has 0 aromatic carbocycles. The fourth-order valence-corrected chi connectivity index (χ4v) is 2.73. The molecule has 0 aliphatic carbocycles. The highest BCUT2D eigenvalue weighted by atomic mass is 79.9. The predicted molar refractivity (Wildman–Crippen MR) is 78.3 cm³/mol. The van der Waals surface area contributed by atoms with Crippen molar-refractivity contribution >= 4 is 33.3 Å². The van der Waals surface area contributed by atoms with Crippen LogP contribution in [0, 0.1) is 0 Å². The highest BCUT2D eigenvalue weighted by molar-refractivity contribution is 9.10. The zero-order valence-electron chi connectivity index (χ0n) is 11.0. The van der Waals surface area contributed by atoms with Gasteiger partial charge in [0.25, 0.3) is 0 Å². The summed E-state index contributed by atoms with van der Waals surface area (Å²) in [4.78, 5) is 13.0. The third-order valence-electron chi connectivity index (χ3n) is 3.26. The van der Waals surface area contributed by atoms with Gasteiger partial charge in [0.2, 0.25) is 0 Å². The second-order valence-corrected chi connectivity index (χ2v) is 6.60. The average molecular weight is 334 g/mol.